The molecule has 0 radical (unpaired) electrons. The zero-order chi connectivity index (χ0) is 20.9. The monoisotopic (exact) mass is 383 g/mol. The lowest BCUT2D eigenvalue weighted by atomic mass is 9.75. The van der Waals surface area contributed by atoms with Gasteiger partial charge in [0.25, 0.3) is 0 Å². The quantitative estimate of drug-likeness (QED) is 0.471. The summed E-state index contributed by atoms with van der Waals surface area (Å²) in [6.07, 6.45) is 8.56. The van der Waals surface area contributed by atoms with Crippen molar-refractivity contribution in [3.05, 3.63) is 28.8 Å². The first-order valence-electron chi connectivity index (χ1n) is 10.9. The molecule has 154 valence electrons. The predicted molar refractivity (Wildman–Crippen MR) is 116 cm³/mol. The highest BCUT2D eigenvalue weighted by Crippen LogP contribution is 2.46. The van der Waals surface area contributed by atoms with Crippen molar-refractivity contribution in [1.82, 2.24) is 0 Å². The molecule has 3 heteroatoms. The molecule has 1 aliphatic rings. The van der Waals surface area contributed by atoms with Gasteiger partial charge in [-0.25, -0.2) is 0 Å². The van der Waals surface area contributed by atoms with Crippen molar-refractivity contribution in [2.75, 3.05) is 0 Å². The van der Waals surface area contributed by atoms with Crippen LogP contribution in [-0.4, -0.2) is 10.2 Å². The van der Waals surface area contributed by atoms with Gasteiger partial charge in [-0.2, -0.15) is 5.26 Å². The minimum atomic E-state index is -0.198. The predicted octanol–water partition coefficient (Wildman–Crippen LogP) is 7.08. The normalized spacial score (nSPS) is 18.8. The van der Waals surface area contributed by atoms with E-state index in [1.165, 1.54) is 19.3 Å². The van der Waals surface area contributed by atoms with E-state index < -0.39 is 0 Å². The zero-order valence-corrected chi connectivity index (χ0v) is 18.3. The number of phenolic OH excluding ortho intramolecular Hbond substituents is 2. The molecule has 2 unspecified atom stereocenters. The number of unbranched alkanes of at least 4 members (excludes halogenated alkanes) is 3. The second-order valence-corrected chi connectivity index (χ2v) is 9.29. The fourth-order valence-corrected chi connectivity index (χ4v) is 4.40. The first-order chi connectivity index (χ1) is 13.2. The topological polar surface area (TPSA) is 64.2 Å². The van der Waals surface area contributed by atoms with Crippen molar-refractivity contribution in [1.29, 1.82) is 5.26 Å². The molecule has 3 nitrogen and oxygen atoms in total. The van der Waals surface area contributed by atoms with Gasteiger partial charge in [0.1, 0.15) is 11.5 Å². The number of nitrogens with zero attached hydrogens (tertiary/aromatic N) is 1. The minimum Gasteiger partial charge on any atom is -0.507 e. The number of hydrogen-bond acceptors (Lipinski definition) is 3. The maximum absolute atomic E-state index is 10.9. The van der Waals surface area contributed by atoms with Gasteiger partial charge in [0.15, 0.2) is 0 Å². The number of benzene rings is 1. The Balaban J connectivity index is 2.40. The van der Waals surface area contributed by atoms with E-state index in [9.17, 15) is 15.5 Å². The molecular formula is C25H37NO2. The first-order valence-corrected chi connectivity index (χ1v) is 10.9. The van der Waals surface area contributed by atoms with Crippen molar-refractivity contribution in [3.8, 4) is 17.6 Å². The highest BCUT2D eigenvalue weighted by atomic mass is 16.3. The van der Waals surface area contributed by atoms with Crippen LogP contribution in [0.5, 0.6) is 11.5 Å². The van der Waals surface area contributed by atoms with Crippen molar-refractivity contribution in [2.24, 2.45) is 11.8 Å². The molecule has 0 saturated heterocycles. The molecule has 0 aromatic heterocycles. The van der Waals surface area contributed by atoms with Crippen LogP contribution in [0.4, 0.5) is 0 Å². The summed E-state index contributed by atoms with van der Waals surface area (Å²) in [6, 6.07) is 5.99. The van der Waals surface area contributed by atoms with Crippen LogP contribution >= 0.6 is 0 Å². The average Bonchev–Trinajstić information content (AvgIpc) is 2.64. The molecule has 1 aromatic rings. The molecule has 0 spiro atoms. The number of rotatable bonds is 8. The molecule has 0 fully saturated rings. The standard InChI is InChI=1S/C25H37NO2/c1-6-7-8-9-12-25(4,5)19-14-22(27)24(23(28)15-19)21-13-17(2)10-11-20(21)18(3)16-26/h14-15,17-18,27-28H,6-13H2,1-5H3. The lowest BCUT2D eigenvalue weighted by molar-refractivity contribution is 0.420. The van der Waals surface area contributed by atoms with Crippen LogP contribution in [0.15, 0.2) is 17.7 Å². The summed E-state index contributed by atoms with van der Waals surface area (Å²) < 4.78 is 0. The van der Waals surface area contributed by atoms with Gasteiger partial charge in [-0.3, -0.25) is 0 Å². The molecule has 0 heterocycles. The second-order valence-electron chi connectivity index (χ2n) is 9.29. The fraction of sp³-hybridized carbons (Fsp3) is 0.640. The Hall–Kier alpha value is -1.95. The third kappa shape index (κ3) is 5.10. The van der Waals surface area contributed by atoms with E-state index >= 15 is 0 Å². The maximum atomic E-state index is 10.9. The fourth-order valence-electron chi connectivity index (χ4n) is 4.40. The number of phenols is 2. The van der Waals surface area contributed by atoms with Gasteiger partial charge in [-0.15, -0.1) is 0 Å². The summed E-state index contributed by atoms with van der Waals surface area (Å²) in [4.78, 5) is 0. The molecule has 1 aliphatic carbocycles. The van der Waals surface area contributed by atoms with Gasteiger partial charge < -0.3 is 10.2 Å². The third-order valence-electron chi connectivity index (χ3n) is 6.40. The summed E-state index contributed by atoms with van der Waals surface area (Å²) >= 11 is 0. The molecule has 0 amide bonds. The Morgan fingerprint density at radius 3 is 2.39 bits per heavy atom. The lowest BCUT2D eigenvalue weighted by Gasteiger charge is -2.29. The minimum absolute atomic E-state index is 0.0990. The van der Waals surface area contributed by atoms with Crippen LogP contribution in [-0.2, 0) is 5.41 Å². The summed E-state index contributed by atoms with van der Waals surface area (Å²) in [5, 5.41) is 31.2. The van der Waals surface area contributed by atoms with E-state index in [-0.39, 0.29) is 22.8 Å². The van der Waals surface area contributed by atoms with E-state index in [4.69, 9.17) is 0 Å². The van der Waals surface area contributed by atoms with Gasteiger partial charge in [-0.05, 0) is 72.8 Å². The number of aromatic hydroxyl groups is 2. The van der Waals surface area contributed by atoms with Gasteiger partial charge in [0.2, 0.25) is 0 Å². The Labute approximate surface area is 171 Å². The van der Waals surface area contributed by atoms with Crippen molar-refractivity contribution in [2.45, 2.75) is 91.4 Å². The molecule has 1 aromatic carbocycles. The molecule has 0 bridgehead atoms. The molecule has 2 N–H and O–H groups in total. The molecule has 0 saturated carbocycles. The Kier molecular flexibility index (Phi) is 7.58. The van der Waals surface area contributed by atoms with Crippen LogP contribution in [0.2, 0.25) is 0 Å². The maximum Gasteiger partial charge on any atom is 0.127 e. The largest absolute Gasteiger partial charge is 0.507 e. The lowest BCUT2D eigenvalue weighted by Crippen LogP contribution is -2.17. The Bertz CT molecular complexity index is 731. The highest BCUT2D eigenvalue weighted by Gasteiger charge is 2.28. The van der Waals surface area contributed by atoms with E-state index in [1.54, 1.807) is 0 Å². The van der Waals surface area contributed by atoms with Crippen LogP contribution in [0, 0.1) is 23.2 Å². The Morgan fingerprint density at radius 1 is 1.18 bits per heavy atom. The van der Waals surface area contributed by atoms with Gasteiger partial charge in [0.05, 0.1) is 17.6 Å². The molecule has 28 heavy (non-hydrogen) atoms. The highest BCUT2D eigenvalue weighted by molar-refractivity contribution is 5.79. The van der Waals surface area contributed by atoms with Crippen LogP contribution < -0.4 is 0 Å². The van der Waals surface area contributed by atoms with E-state index in [0.717, 1.165) is 48.8 Å². The van der Waals surface area contributed by atoms with Crippen molar-refractivity contribution < 1.29 is 10.2 Å². The van der Waals surface area contributed by atoms with Crippen molar-refractivity contribution >= 4 is 5.57 Å². The van der Waals surface area contributed by atoms with Gasteiger partial charge >= 0.3 is 0 Å². The molecule has 0 aliphatic heterocycles. The molecule has 2 atom stereocenters. The van der Waals surface area contributed by atoms with Gasteiger partial charge in [-0.1, -0.05) is 53.4 Å². The average molecular weight is 384 g/mol. The number of hydrogen-bond donors (Lipinski definition) is 2. The molecular weight excluding hydrogens is 346 g/mol. The van der Waals surface area contributed by atoms with Crippen LogP contribution in [0.25, 0.3) is 5.57 Å². The zero-order valence-electron chi connectivity index (χ0n) is 18.3. The summed E-state index contributed by atoms with van der Waals surface area (Å²) in [5.74, 6) is 0.570. The first kappa shape index (κ1) is 22.3. The van der Waals surface area contributed by atoms with Gasteiger partial charge in [0, 0.05) is 0 Å². The number of allylic oxidation sites excluding steroid dienone is 2. The van der Waals surface area contributed by atoms with Crippen molar-refractivity contribution in [3.63, 3.8) is 0 Å². The summed E-state index contributed by atoms with van der Waals surface area (Å²) in [7, 11) is 0. The van der Waals surface area contributed by atoms with Crippen LogP contribution in [0.3, 0.4) is 0 Å². The number of nitriles is 1. The third-order valence-corrected chi connectivity index (χ3v) is 6.40. The second kappa shape index (κ2) is 9.50. The Morgan fingerprint density at radius 2 is 1.82 bits per heavy atom. The summed E-state index contributed by atoms with van der Waals surface area (Å²) in [5.41, 5.74) is 3.45. The summed E-state index contributed by atoms with van der Waals surface area (Å²) in [6.45, 7) is 10.7. The molecule has 2 rings (SSSR count). The van der Waals surface area contributed by atoms with E-state index in [1.807, 2.05) is 19.1 Å². The van der Waals surface area contributed by atoms with E-state index in [2.05, 4.69) is 33.8 Å². The van der Waals surface area contributed by atoms with Crippen LogP contribution in [0.1, 0.15) is 97.1 Å². The smallest absolute Gasteiger partial charge is 0.127 e. The van der Waals surface area contributed by atoms with E-state index in [0.29, 0.717) is 11.5 Å². The SMILES string of the molecule is CCCCCCC(C)(C)c1cc(O)c(C2=C(C(C)C#N)CCC(C)C2)c(O)c1.